The van der Waals surface area contributed by atoms with Gasteiger partial charge in [-0.2, -0.15) is 0 Å². The molecule has 0 atom stereocenters. The Balaban J connectivity index is 2.03. The van der Waals surface area contributed by atoms with Crippen LogP contribution in [0.25, 0.3) is 11.3 Å². The predicted molar refractivity (Wildman–Crippen MR) is 90.8 cm³/mol. The smallest absolute Gasteiger partial charge is 0.261 e. The van der Waals surface area contributed by atoms with Gasteiger partial charge < -0.3 is 9.84 Å². The van der Waals surface area contributed by atoms with Crippen LogP contribution in [0.1, 0.15) is 21.7 Å². The van der Waals surface area contributed by atoms with Gasteiger partial charge >= 0.3 is 0 Å². The van der Waals surface area contributed by atoms with Crippen molar-refractivity contribution >= 4 is 23.2 Å². The number of anilines is 1. The summed E-state index contributed by atoms with van der Waals surface area (Å²) in [6.07, 6.45) is 0. The highest BCUT2D eigenvalue weighted by molar-refractivity contribution is 6.33. The van der Waals surface area contributed by atoms with Gasteiger partial charge in [0, 0.05) is 5.69 Å². The van der Waals surface area contributed by atoms with E-state index >= 15 is 0 Å². The molecular weight excluding hydrogens is 331 g/mol. The Hall–Kier alpha value is -2.66. The van der Waals surface area contributed by atoms with Crippen molar-refractivity contribution in [3.8, 4) is 11.3 Å². The molecule has 0 radical (unpaired) electrons. The lowest BCUT2D eigenvalue weighted by Gasteiger charge is -2.08. The molecule has 0 saturated heterocycles. The fourth-order valence-corrected chi connectivity index (χ4v) is 2.70. The second-order valence-corrected chi connectivity index (χ2v) is 5.79. The zero-order chi connectivity index (χ0) is 17.3. The summed E-state index contributed by atoms with van der Waals surface area (Å²) in [5.74, 6) is -0.719. The number of rotatable bonds is 3. The second kappa shape index (κ2) is 6.45. The normalized spacial score (nSPS) is 10.7. The molecule has 0 unspecified atom stereocenters. The summed E-state index contributed by atoms with van der Waals surface area (Å²) in [5, 5.41) is 6.76. The average Bonchev–Trinajstić information content (AvgIpc) is 2.89. The van der Waals surface area contributed by atoms with Crippen molar-refractivity contribution in [2.45, 2.75) is 13.8 Å². The summed E-state index contributed by atoms with van der Waals surface area (Å²) in [6, 6.07) is 11.6. The van der Waals surface area contributed by atoms with E-state index in [1.165, 1.54) is 18.2 Å². The fraction of sp³-hybridized carbons (Fsp3) is 0.111. The van der Waals surface area contributed by atoms with Crippen LogP contribution in [-0.2, 0) is 0 Å². The van der Waals surface area contributed by atoms with Crippen LogP contribution in [0.3, 0.4) is 0 Å². The number of aryl methyl sites for hydroxylation is 2. The van der Waals surface area contributed by atoms with Crippen molar-refractivity contribution in [2.75, 3.05) is 5.32 Å². The Bertz CT molecular complexity index is 901. The largest absolute Gasteiger partial charge is 0.360 e. The Kier molecular flexibility index (Phi) is 4.36. The van der Waals surface area contributed by atoms with Crippen molar-refractivity contribution in [1.29, 1.82) is 0 Å². The zero-order valence-electron chi connectivity index (χ0n) is 13.1. The minimum absolute atomic E-state index is 0.0467. The molecular formula is C18H14ClFN2O2. The minimum Gasteiger partial charge on any atom is -0.360 e. The lowest BCUT2D eigenvalue weighted by Crippen LogP contribution is -2.13. The third kappa shape index (κ3) is 3.03. The van der Waals surface area contributed by atoms with Crippen LogP contribution in [0.5, 0.6) is 0 Å². The summed E-state index contributed by atoms with van der Waals surface area (Å²) in [7, 11) is 0. The molecule has 4 nitrogen and oxygen atoms in total. The van der Waals surface area contributed by atoms with Crippen LogP contribution in [0.15, 0.2) is 47.0 Å². The van der Waals surface area contributed by atoms with Gasteiger partial charge in [-0.3, -0.25) is 4.79 Å². The van der Waals surface area contributed by atoms with E-state index in [0.717, 1.165) is 5.56 Å². The van der Waals surface area contributed by atoms with Crippen LogP contribution in [0, 0.1) is 19.7 Å². The lowest BCUT2D eigenvalue weighted by molar-refractivity contribution is 0.102. The fourth-order valence-electron chi connectivity index (χ4n) is 2.45. The molecule has 3 aromatic rings. The lowest BCUT2D eigenvalue weighted by atomic mass is 10.0. The van der Waals surface area contributed by atoms with E-state index in [4.69, 9.17) is 16.1 Å². The standard InChI is InChI=1S/C18H14ClFN2O2/c1-10-5-3-6-12(9-10)21-18(23)15-11(2)24-22-17(15)16-13(19)7-4-8-14(16)20/h3-9H,1-2H3,(H,21,23). The van der Waals surface area contributed by atoms with E-state index in [-0.39, 0.29) is 27.6 Å². The molecule has 24 heavy (non-hydrogen) atoms. The van der Waals surface area contributed by atoms with Gasteiger partial charge in [0.15, 0.2) is 0 Å². The number of nitrogens with zero attached hydrogens (tertiary/aromatic N) is 1. The first-order chi connectivity index (χ1) is 11.5. The predicted octanol–water partition coefficient (Wildman–Crippen LogP) is 5.00. The quantitative estimate of drug-likeness (QED) is 0.727. The molecule has 0 aliphatic carbocycles. The molecule has 0 bridgehead atoms. The third-order valence-corrected chi connectivity index (χ3v) is 3.88. The molecule has 6 heteroatoms. The van der Waals surface area contributed by atoms with Crippen LogP contribution in [-0.4, -0.2) is 11.1 Å². The zero-order valence-corrected chi connectivity index (χ0v) is 13.8. The van der Waals surface area contributed by atoms with Gasteiger partial charge in [-0.1, -0.05) is 35.0 Å². The topological polar surface area (TPSA) is 55.1 Å². The monoisotopic (exact) mass is 344 g/mol. The van der Waals surface area contributed by atoms with Crippen molar-refractivity contribution < 1.29 is 13.7 Å². The highest BCUT2D eigenvalue weighted by Crippen LogP contribution is 2.33. The number of benzene rings is 2. The maximum Gasteiger partial charge on any atom is 0.261 e. The van der Waals surface area contributed by atoms with Crippen LogP contribution < -0.4 is 5.32 Å². The van der Waals surface area contributed by atoms with Crippen LogP contribution >= 0.6 is 11.6 Å². The number of aromatic nitrogens is 1. The number of carbonyl (C=O) groups excluding carboxylic acids is 1. The molecule has 3 rings (SSSR count). The van der Waals surface area contributed by atoms with Crippen molar-refractivity contribution in [2.24, 2.45) is 0 Å². The van der Waals surface area contributed by atoms with E-state index in [2.05, 4.69) is 10.5 Å². The molecule has 0 saturated carbocycles. The van der Waals surface area contributed by atoms with E-state index < -0.39 is 11.7 Å². The number of nitrogens with one attached hydrogen (secondary N) is 1. The van der Waals surface area contributed by atoms with E-state index in [9.17, 15) is 9.18 Å². The summed E-state index contributed by atoms with van der Waals surface area (Å²) >= 11 is 6.08. The van der Waals surface area contributed by atoms with Gasteiger partial charge in [0.1, 0.15) is 22.8 Å². The maximum absolute atomic E-state index is 14.2. The van der Waals surface area contributed by atoms with E-state index in [0.29, 0.717) is 5.69 Å². The minimum atomic E-state index is -0.569. The molecule has 0 spiro atoms. The highest BCUT2D eigenvalue weighted by atomic mass is 35.5. The Morgan fingerprint density at radius 1 is 1.21 bits per heavy atom. The van der Waals surface area contributed by atoms with Crippen LogP contribution in [0.4, 0.5) is 10.1 Å². The highest BCUT2D eigenvalue weighted by Gasteiger charge is 2.25. The van der Waals surface area contributed by atoms with E-state index in [1.54, 1.807) is 13.0 Å². The first-order valence-electron chi connectivity index (χ1n) is 7.26. The molecule has 1 aromatic heterocycles. The van der Waals surface area contributed by atoms with Crippen molar-refractivity contribution in [3.05, 3.63) is 70.2 Å². The number of hydrogen-bond donors (Lipinski definition) is 1. The first kappa shape index (κ1) is 16.2. The molecule has 0 fully saturated rings. The maximum atomic E-state index is 14.2. The van der Waals surface area contributed by atoms with Gasteiger partial charge in [-0.05, 0) is 43.7 Å². The molecule has 122 valence electrons. The number of halogens is 2. The molecule has 2 aromatic carbocycles. The Morgan fingerprint density at radius 2 is 1.96 bits per heavy atom. The molecule has 0 aliphatic rings. The van der Waals surface area contributed by atoms with Crippen molar-refractivity contribution in [1.82, 2.24) is 5.16 Å². The molecule has 1 heterocycles. The van der Waals surface area contributed by atoms with Gasteiger partial charge in [-0.25, -0.2) is 4.39 Å². The second-order valence-electron chi connectivity index (χ2n) is 5.38. The van der Waals surface area contributed by atoms with Crippen molar-refractivity contribution in [3.63, 3.8) is 0 Å². The van der Waals surface area contributed by atoms with Crippen LogP contribution in [0.2, 0.25) is 5.02 Å². The van der Waals surface area contributed by atoms with E-state index in [1.807, 2.05) is 25.1 Å². The first-order valence-corrected chi connectivity index (χ1v) is 7.64. The molecule has 1 amide bonds. The summed E-state index contributed by atoms with van der Waals surface area (Å²) in [6.45, 7) is 3.52. The Morgan fingerprint density at radius 3 is 2.67 bits per heavy atom. The summed E-state index contributed by atoms with van der Waals surface area (Å²) in [5.41, 5.74) is 1.92. The third-order valence-electron chi connectivity index (χ3n) is 3.57. The molecule has 1 N–H and O–H groups in total. The SMILES string of the molecule is Cc1cccc(NC(=O)c2c(-c3c(F)cccc3Cl)noc2C)c1. The average molecular weight is 345 g/mol. The van der Waals surface area contributed by atoms with Gasteiger partial charge in [0.2, 0.25) is 0 Å². The summed E-state index contributed by atoms with van der Waals surface area (Å²) < 4.78 is 19.3. The Labute approximate surface area is 143 Å². The molecule has 0 aliphatic heterocycles. The number of carbonyl (C=O) groups is 1. The summed E-state index contributed by atoms with van der Waals surface area (Å²) in [4.78, 5) is 12.6. The number of amides is 1. The van der Waals surface area contributed by atoms with Gasteiger partial charge in [-0.15, -0.1) is 0 Å². The van der Waals surface area contributed by atoms with Gasteiger partial charge in [0.25, 0.3) is 5.91 Å². The van der Waals surface area contributed by atoms with Gasteiger partial charge in [0.05, 0.1) is 10.6 Å². The number of hydrogen-bond acceptors (Lipinski definition) is 3.